The Bertz CT molecular complexity index is 1060. The van der Waals surface area contributed by atoms with Crippen LogP contribution in [0.2, 0.25) is 0 Å². The van der Waals surface area contributed by atoms with E-state index in [0.717, 1.165) is 58.0 Å². The fraction of sp³-hybridized carbons (Fsp3) is 0.294. The molecule has 0 spiro atoms. The molecule has 0 saturated carbocycles. The molecule has 1 aliphatic heterocycles. The molecule has 1 atom stereocenters. The third-order valence-corrected chi connectivity index (χ3v) is 6.41. The van der Waals surface area contributed by atoms with E-state index in [-0.39, 0.29) is 0 Å². The first-order valence-corrected chi connectivity index (χ1v) is 10.4. The van der Waals surface area contributed by atoms with Gasteiger partial charge in [0.2, 0.25) is 0 Å². The second-order valence-corrected chi connectivity index (χ2v) is 8.57. The summed E-state index contributed by atoms with van der Waals surface area (Å²) in [6.07, 6.45) is 8.75. The summed E-state index contributed by atoms with van der Waals surface area (Å²) in [5.74, 6) is 0.740. The molecule has 1 saturated heterocycles. The summed E-state index contributed by atoms with van der Waals surface area (Å²) in [4.78, 5) is 9.47. The smallest absolute Gasteiger partial charge is 0.181 e. The first-order chi connectivity index (χ1) is 13.3. The summed E-state index contributed by atoms with van der Waals surface area (Å²) in [5, 5.41) is 16.2. The van der Waals surface area contributed by atoms with Gasteiger partial charge in [-0.2, -0.15) is 9.47 Å². The molecule has 4 aromatic heterocycles. The highest BCUT2D eigenvalue weighted by Gasteiger charge is 2.19. The van der Waals surface area contributed by atoms with E-state index >= 15 is 0 Å². The molecular weight excluding hydrogens is 380 g/mol. The summed E-state index contributed by atoms with van der Waals surface area (Å²) in [7, 11) is 0. The Morgan fingerprint density at radius 2 is 2.33 bits per heavy atom. The number of aryl methyl sites for hydroxylation is 1. The molecule has 1 fully saturated rings. The van der Waals surface area contributed by atoms with Gasteiger partial charge in [-0.1, -0.05) is 0 Å². The van der Waals surface area contributed by atoms with Crippen LogP contribution in [0.3, 0.4) is 0 Å². The number of H-pyrrole nitrogens is 1. The minimum absolute atomic E-state index is 0.536. The quantitative estimate of drug-likeness (QED) is 0.475. The predicted octanol–water partition coefficient (Wildman–Crippen LogP) is 3.08. The van der Waals surface area contributed by atoms with Crippen LogP contribution in [0.15, 0.2) is 35.9 Å². The van der Waals surface area contributed by atoms with Crippen LogP contribution in [0.1, 0.15) is 12.1 Å². The van der Waals surface area contributed by atoms with Crippen molar-refractivity contribution in [2.75, 3.05) is 18.4 Å². The third kappa shape index (κ3) is 3.31. The van der Waals surface area contributed by atoms with E-state index in [1.54, 1.807) is 6.20 Å². The number of hydrogen-bond donors (Lipinski definition) is 3. The van der Waals surface area contributed by atoms with E-state index in [9.17, 15) is 0 Å². The molecule has 3 N–H and O–H groups in total. The molecule has 5 rings (SSSR count). The molecule has 0 radical (unpaired) electrons. The van der Waals surface area contributed by atoms with Gasteiger partial charge in [0.25, 0.3) is 0 Å². The Morgan fingerprint density at radius 1 is 1.37 bits per heavy atom. The monoisotopic (exact) mass is 398 g/mol. The number of anilines is 2. The van der Waals surface area contributed by atoms with Crippen LogP contribution in [0.4, 0.5) is 10.8 Å². The molecule has 4 aromatic rings. The number of fused-ring (bicyclic) bond motifs is 1. The Labute approximate surface area is 164 Å². The number of aromatic nitrogens is 6. The molecule has 0 amide bonds. The highest BCUT2D eigenvalue weighted by molar-refractivity contribution is 7.99. The van der Waals surface area contributed by atoms with E-state index in [4.69, 9.17) is 4.98 Å². The van der Waals surface area contributed by atoms with Gasteiger partial charge < -0.3 is 10.6 Å². The Balaban J connectivity index is 1.59. The minimum atomic E-state index is 0.536. The normalized spacial score (nSPS) is 17.0. The number of nitrogens with zero attached hydrogens (tertiary/aromatic N) is 5. The van der Waals surface area contributed by atoms with Crippen molar-refractivity contribution < 1.29 is 0 Å². The maximum absolute atomic E-state index is 4.86. The average Bonchev–Trinajstić information content (AvgIpc) is 3.42. The van der Waals surface area contributed by atoms with Crippen molar-refractivity contribution in [1.29, 1.82) is 0 Å². The maximum Gasteiger partial charge on any atom is 0.181 e. The van der Waals surface area contributed by atoms with E-state index in [2.05, 4.69) is 40.8 Å². The van der Waals surface area contributed by atoms with Crippen LogP contribution in [0, 0.1) is 6.92 Å². The van der Waals surface area contributed by atoms with Gasteiger partial charge in [0, 0.05) is 29.8 Å². The number of thioether (sulfide) groups is 1. The van der Waals surface area contributed by atoms with Gasteiger partial charge in [-0.05, 0) is 37.5 Å². The summed E-state index contributed by atoms with van der Waals surface area (Å²) < 4.78 is 6.42. The zero-order valence-corrected chi connectivity index (χ0v) is 16.3. The summed E-state index contributed by atoms with van der Waals surface area (Å²) in [6.45, 7) is 4.06. The largest absolute Gasteiger partial charge is 0.328 e. The Morgan fingerprint density at radius 3 is 3.07 bits per heavy atom. The molecule has 0 aliphatic carbocycles. The van der Waals surface area contributed by atoms with Crippen molar-refractivity contribution in [2.45, 2.75) is 23.6 Å². The van der Waals surface area contributed by atoms with Crippen molar-refractivity contribution in [3.63, 3.8) is 0 Å². The van der Waals surface area contributed by atoms with Crippen molar-refractivity contribution in [3.8, 4) is 11.3 Å². The zero-order valence-electron chi connectivity index (χ0n) is 14.6. The molecule has 0 aromatic carbocycles. The summed E-state index contributed by atoms with van der Waals surface area (Å²) in [6, 6.07) is 2.02. The van der Waals surface area contributed by atoms with Crippen LogP contribution in [-0.4, -0.2) is 47.3 Å². The fourth-order valence-corrected chi connectivity index (χ4v) is 4.90. The number of hydrogen-bond acceptors (Lipinski definition) is 8. The van der Waals surface area contributed by atoms with E-state index in [1.807, 2.05) is 37.1 Å². The minimum Gasteiger partial charge on any atom is -0.328 e. The highest BCUT2D eigenvalue weighted by Crippen LogP contribution is 2.32. The average molecular weight is 399 g/mol. The summed E-state index contributed by atoms with van der Waals surface area (Å²) >= 11 is 3.23. The molecule has 5 heterocycles. The van der Waals surface area contributed by atoms with E-state index < -0.39 is 0 Å². The van der Waals surface area contributed by atoms with Gasteiger partial charge in [-0.3, -0.25) is 9.50 Å². The first-order valence-electron chi connectivity index (χ1n) is 8.71. The SMILES string of the molecule is Cc1cc(Nc2nc(SC3CCNC3)cn3c(-c4cn[nH]c4)cnc23)sn1. The lowest BCUT2D eigenvalue weighted by molar-refractivity contribution is 0.858. The van der Waals surface area contributed by atoms with Crippen molar-refractivity contribution in [3.05, 3.63) is 36.5 Å². The van der Waals surface area contributed by atoms with Gasteiger partial charge in [0.05, 0.1) is 23.8 Å². The highest BCUT2D eigenvalue weighted by atomic mass is 32.2. The number of imidazole rings is 1. The Hall–Kier alpha value is -2.43. The molecule has 138 valence electrons. The topological polar surface area (TPSA) is 95.8 Å². The molecule has 1 unspecified atom stereocenters. The Kier molecular flexibility index (Phi) is 4.30. The molecule has 1 aliphatic rings. The standard InChI is InChI=1S/C17H18N8S2/c1-10-4-14(27-24-10)22-16-17-19-8-13(11-5-20-21-6-11)25(17)9-15(23-16)26-12-2-3-18-7-12/h4-6,8-9,12,18H,2-3,7H2,1H3,(H,20,21)(H,22,23). The molecular formula is C17H18N8S2. The first kappa shape index (κ1) is 16.7. The second-order valence-electron chi connectivity index (χ2n) is 6.44. The number of nitrogens with one attached hydrogen (secondary N) is 3. The van der Waals surface area contributed by atoms with Crippen LogP contribution in [0.25, 0.3) is 16.9 Å². The molecule has 0 bridgehead atoms. The zero-order chi connectivity index (χ0) is 18.2. The van der Waals surface area contributed by atoms with Crippen molar-refractivity contribution >= 4 is 39.8 Å². The van der Waals surface area contributed by atoms with Gasteiger partial charge in [0.1, 0.15) is 10.0 Å². The fourth-order valence-electron chi connectivity index (χ4n) is 3.15. The van der Waals surface area contributed by atoms with Crippen LogP contribution in [0.5, 0.6) is 0 Å². The number of rotatable bonds is 5. The van der Waals surface area contributed by atoms with Crippen molar-refractivity contribution in [1.82, 2.24) is 34.3 Å². The predicted molar refractivity (Wildman–Crippen MR) is 108 cm³/mol. The van der Waals surface area contributed by atoms with Gasteiger partial charge >= 0.3 is 0 Å². The van der Waals surface area contributed by atoms with Gasteiger partial charge in [-0.15, -0.1) is 11.8 Å². The van der Waals surface area contributed by atoms with Gasteiger partial charge in [-0.25, -0.2) is 9.97 Å². The lowest BCUT2D eigenvalue weighted by atomic mass is 10.3. The molecule has 8 nitrogen and oxygen atoms in total. The van der Waals surface area contributed by atoms with Gasteiger partial charge in [0.15, 0.2) is 11.5 Å². The lowest BCUT2D eigenvalue weighted by Crippen LogP contribution is -2.10. The lowest BCUT2D eigenvalue weighted by Gasteiger charge is -2.11. The molecule has 27 heavy (non-hydrogen) atoms. The van der Waals surface area contributed by atoms with Crippen LogP contribution < -0.4 is 10.6 Å². The number of aromatic amines is 1. The van der Waals surface area contributed by atoms with E-state index in [0.29, 0.717) is 5.25 Å². The van der Waals surface area contributed by atoms with Crippen molar-refractivity contribution in [2.24, 2.45) is 0 Å². The summed E-state index contributed by atoms with van der Waals surface area (Å²) in [5.41, 5.74) is 3.75. The molecule has 10 heteroatoms. The van der Waals surface area contributed by atoms with Crippen LogP contribution >= 0.6 is 23.3 Å². The maximum atomic E-state index is 4.86. The van der Waals surface area contributed by atoms with E-state index in [1.165, 1.54) is 11.5 Å². The second kappa shape index (κ2) is 6.95. The van der Waals surface area contributed by atoms with Crippen LogP contribution in [-0.2, 0) is 0 Å². The third-order valence-electron chi connectivity index (χ3n) is 4.44.